The van der Waals surface area contributed by atoms with Crippen molar-refractivity contribution in [3.8, 4) is 0 Å². The van der Waals surface area contributed by atoms with Crippen LogP contribution in [-0.2, 0) is 9.53 Å². The molecule has 1 fully saturated rings. The highest BCUT2D eigenvalue weighted by Gasteiger charge is 2.45. The van der Waals surface area contributed by atoms with Gasteiger partial charge in [0.15, 0.2) is 0 Å². The Morgan fingerprint density at radius 2 is 2.23 bits per heavy atom. The molecular formula is C9H17NO3. The lowest BCUT2D eigenvalue weighted by Crippen LogP contribution is -2.55. The molecule has 0 aromatic rings. The van der Waals surface area contributed by atoms with Crippen LogP contribution in [0.4, 0.5) is 0 Å². The van der Waals surface area contributed by atoms with Crippen LogP contribution in [0.3, 0.4) is 0 Å². The smallest absolute Gasteiger partial charge is 0.315 e. The molecule has 0 saturated carbocycles. The number of nitrogens with one attached hydrogen (secondary N) is 1. The fraction of sp³-hybridized carbons (Fsp3) is 0.889. The molecule has 0 radical (unpaired) electrons. The molecule has 0 aliphatic carbocycles. The second-order valence-corrected chi connectivity index (χ2v) is 4.10. The molecule has 0 amide bonds. The third-order valence-corrected chi connectivity index (χ3v) is 2.23. The Bertz CT molecular complexity index is 187. The highest BCUT2D eigenvalue weighted by molar-refractivity contribution is 5.76. The van der Waals surface area contributed by atoms with Gasteiger partial charge in [0, 0.05) is 6.54 Å². The van der Waals surface area contributed by atoms with Gasteiger partial charge in [0.1, 0.15) is 5.41 Å². The average Bonchev–Trinajstić information content (AvgIpc) is 1.93. The lowest BCUT2D eigenvalue weighted by Gasteiger charge is -2.37. The van der Waals surface area contributed by atoms with E-state index in [9.17, 15) is 4.79 Å². The minimum atomic E-state index is -0.755. The molecule has 76 valence electrons. The molecule has 13 heavy (non-hydrogen) atoms. The first-order chi connectivity index (χ1) is 6.07. The minimum Gasteiger partial charge on any atom is -0.481 e. The van der Waals surface area contributed by atoms with E-state index in [1.807, 2.05) is 0 Å². The standard InChI is InChI=1S/C9H17NO3/c1-7(2)3-10-4-9(8(11)12)5-13-6-9/h7,10H,3-6H2,1-2H3,(H,11,12). The van der Waals surface area contributed by atoms with E-state index in [-0.39, 0.29) is 0 Å². The van der Waals surface area contributed by atoms with Crippen LogP contribution in [0, 0.1) is 11.3 Å². The quantitative estimate of drug-likeness (QED) is 0.651. The van der Waals surface area contributed by atoms with Crippen LogP contribution >= 0.6 is 0 Å². The van der Waals surface area contributed by atoms with Crippen molar-refractivity contribution in [1.29, 1.82) is 0 Å². The van der Waals surface area contributed by atoms with Crippen LogP contribution in [0.1, 0.15) is 13.8 Å². The minimum absolute atomic E-state index is 0.341. The van der Waals surface area contributed by atoms with Crippen molar-refractivity contribution >= 4 is 5.97 Å². The Morgan fingerprint density at radius 3 is 2.54 bits per heavy atom. The Labute approximate surface area is 78.3 Å². The molecule has 0 atom stereocenters. The molecule has 1 aliphatic heterocycles. The first-order valence-corrected chi connectivity index (χ1v) is 4.59. The lowest BCUT2D eigenvalue weighted by atomic mass is 9.86. The Balaban J connectivity index is 2.28. The Morgan fingerprint density at radius 1 is 1.62 bits per heavy atom. The zero-order chi connectivity index (χ0) is 9.90. The molecule has 1 heterocycles. The van der Waals surface area contributed by atoms with Crippen molar-refractivity contribution in [2.45, 2.75) is 13.8 Å². The lowest BCUT2D eigenvalue weighted by molar-refractivity contribution is -0.178. The second kappa shape index (κ2) is 4.07. The van der Waals surface area contributed by atoms with Crippen LogP contribution in [0.15, 0.2) is 0 Å². The Hall–Kier alpha value is -0.610. The summed E-state index contributed by atoms with van der Waals surface area (Å²) in [6.45, 7) is 6.24. The SMILES string of the molecule is CC(C)CNCC1(C(=O)O)COC1. The summed E-state index contributed by atoms with van der Waals surface area (Å²) in [5, 5.41) is 12.1. The number of carboxylic acid groups (broad SMARTS) is 1. The maximum Gasteiger partial charge on any atom is 0.315 e. The van der Waals surface area contributed by atoms with Gasteiger partial charge in [0.25, 0.3) is 0 Å². The van der Waals surface area contributed by atoms with Gasteiger partial charge in [-0.15, -0.1) is 0 Å². The molecule has 1 saturated heterocycles. The molecule has 0 bridgehead atoms. The van der Waals surface area contributed by atoms with E-state index < -0.39 is 11.4 Å². The molecular weight excluding hydrogens is 170 g/mol. The second-order valence-electron chi connectivity index (χ2n) is 4.10. The summed E-state index contributed by atoms with van der Waals surface area (Å²) in [4.78, 5) is 10.9. The van der Waals surface area contributed by atoms with Crippen LogP contribution in [0.5, 0.6) is 0 Å². The zero-order valence-electron chi connectivity index (χ0n) is 8.17. The summed E-state index contributed by atoms with van der Waals surface area (Å²) in [6.07, 6.45) is 0. The van der Waals surface area contributed by atoms with Gasteiger partial charge in [-0.05, 0) is 12.5 Å². The average molecular weight is 187 g/mol. The third kappa shape index (κ3) is 2.42. The maximum atomic E-state index is 10.9. The monoisotopic (exact) mass is 187 g/mol. The van der Waals surface area contributed by atoms with Crippen LogP contribution < -0.4 is 5.32 Å². The van der Waals surface area contributed by atoms with Crippen molar-refractivity contribution < 1.29 is 14.6 Å². The van der Waals surface area contributed by atoms with Gasteiger partial charge < -0.3 is 15.2 Å². The molecule has 0 aromatic carbocycles. The number of hydrogen-bond acceptors (Lipinski definition) is 3. The van der Waals surface area contributed by atoms with Gasteiger partial charge in [0.05, 0.1) is 13.2 Å². The van der Waals surface area contributed by atoms with E-state index in [1.165, 1.54) is 0 Å². The number of carbonyl (C=O) groups is 1. The summed E-state index contributed by atoms with van der Waals surface area (Å²) in [6, 6.07) is 0. The van der Waals surface area contributed by atoms with Crippen LogP contribution in [-0.4, -0.2) is 37.4 Å². The zero-order valence-corrected chi connectivity index (χ0v) is 8.17. The number of aliphatic carboxylic acids is 1. The largest absolute Gasteiger partial charge is 0.481 e. The van der Waals surface area contributed by atoms with Crippen molar-refractivity contribution in [3.05, 3.63) is 0 Å². The third-order valence-electron chi connectivity index (χ3n) is 2.23. The van der Waals surface area contributed by atoms with E-state index in [0.717, 1.165) is 6.54 Å². The van der Waals surface area contributed by atoms with E-state index in [1.54, 1.807) is 0 Å². The summed E-state index contributed by atoms with van der Waals surface area (Å²) in [5.41, 5.74) is -0.658. The van der Waals surface area contributed by atoms with E-state index in [4.69, 9.17) is 9.84 Å². The van der Waals surface area contributed by atoms with E-state index >= 15 is 0 Å². The summed E-state index contributed by atoms with van der Waals surface area (Å²) in [7, 11) is 0. The normalized spacial score (nSPS) is 19.9. The predicted octanol–water partition coefficient (Wildman–Crippen LogP) is 0.333. The van der Waals surface area contributed by atoms with Crippen LogP contribution in [0.25, 0.3) is 0 Å². The number of rotatable bonds is 5. The molecule has 0 spiro atoms. The number of carboxylic acids is 1. The fourth-order valence-electron chi connectivity index (χ4n) is 1.25. The van der Waals surface area contributed by atoms with Gasteiger partial charge >= 0.3 is 5.97 Å². The number of ether oxygens (including phenoxy) is 1. The highest BCUT2D eigenvalue weighted by Crippen LogP contribution is 2.26. The van der Waals surface area contributed by atoms with Gasteiger partial charge in [-0.25, -0.2) is 0 Å². The van der Waals surface area contributed by atoms with Crippen molar-refractivity contribution in [1.82, 2.24) is 5.32 Å². The van der Waals surface area contributed by atoms with Gasteiger partial charge in [0.2, 0.25) is 0 Å². The fourth-order valence-corrected chi connectivity index (χ4v) is 1.25. The first-order valence-electron chi connectivity index (χ1n) is 4.59. The molecule has 1 aliphatic rings. The maximum absolute atomic E-state index is 10.9. The number of hydrogen-bond donors (Lipinski definition) is 2. The topological polar surface area (TPSA) is 58.6 Å². The van der Waals surface area contributed by atoms with Gasteiger partial charge in [-0.1, -0.05) is 13.8 Å². The van der Waals surface area contributed by atoms with E-state index in [0.29, 0.717) is 25.7 Å². The van der Waals surface area contributed by atoms with Crippen LogP contribution in [0.2, 0.25) is 0 Å². The molecule has 0 unspecified atom stereocenters. The van der Waals surface area contributed by atoms with Crippen molar-refractivity contribution in [3.63, 3.8) is 0 Å². The molecule has 4 heteroatoms. The predicted molar refractivity (Wildman–Crippen MR) is 48.6 cm³/mol. The van der Waals surface area contributed by atoms with Crippen molar-refractivity contribution in [2.75, 3.05) is 26.3 Å². The molecule has 0 aromatic heterocycles. The summed E-state index contributed by atoms with van der Waals surface area (Å²) < 4.78 is 4.94. The van der Waals surface area contributed by atoms with E-state index in [2.05, 4.69) is 19.2 Å². The summed E-state index contributed by atoms with van der Waals surface area (Å²) in [5.74, 6) is -0.207. The molecule has 2 N–H and O–H groups in total. The molecule has 4 nitrogen and oxygen atoms in total. The van der Waals surface area contributed by atoms with Gasteiger partial charge in [-0.2, -0.15) is 0 Å². The Kier molecular flexibility index (Phi) is 3.27. The molecule has 1 rings (SSSR count). The highest BCUT2D eigenvalue weighted by atomic mass is 16.5. The summed E-state index contributed by atoms with van der Waals surface area (Å²) >= 11 is 0. The van der Waals surface area contributed by atoms with Crippen molar-refractivity contribution in [2.24, 2.45) is 11.3 Å². The first kappa shape index (κ1) is 10.5. The van der Waals surface area contributed by atoms with Gasteiger partial charge in [-0.3, -0.25) is 4.79 Å².